The van der Waals surface area contributed by atoms with Gasteiger partial charge >= 0.3 is 6.09 Å². The Morgan fingerprint density at radius 1 is 0.978 bits per heavy atom. The highest BCUT2D eigenvalue weighted by molar-refractivity contribution is 7.91. The molecule has 4 aliphatic heterocycles. The minimum Gasteiger partial charge on any atom is -0.444 e. The van der Waals surface area contributed by atoms with Crippen LogP contribution < -0.4 is 5.32 Å². The first-order valence-corrected chi connectivity index (χ1v) is 17.9. The van der Waals surface area contributed by atoms with Crippen LogP contribution in [0.25, 0.3) is 0 Å². The van der Waals surface area contributed by atoms with Crippen LogP contribution in [0.3, 0.4) is 0 Å². The average molecular weight is 648 g/mol. The topological polar surface area (TPSA) is 130 Å². The molecule has 0 aromatic heterocycles. The molecule has 250 valence electrons. The number of amides is 1. The number of carbonyl (C=O) groups is 1. The fourth-order valence-corrected chi connectivity index (χ4v) is 9.06. The summed E-state index contributed by atoms with van der Waals surface area (Å²) in [7, 11) is -2.07. The van der Waals surface area contributed by atoms with Crippen LogP contribution in [-0.2, 0) is 33.5 Å². The monoisotopic (exact) mass is 647 g/mol. The number of cyclic esters (lactones) is 1. The number of aliphatic hydroxyl groups is 1. The number of rotatable bonds is 14. The number of ether oxygens (including phenoxy) is 5. The molecule has 4 aliphatic rings. The largest absolute Gasteiger partial charge is 0.444 e. The molecule has 1 aromatic rings. The lowest BCUT2D eigenvalue weighted by Crippen LogP contribution is -2.40. The predicted octanol–water partition coefficient (Wildman–Crippen LogP) is 4.36. The minimum absolute atomic E-state index is 0.00529. The number of sulfone groups is 1. The molecule has 1 aromatic carbocycles. The molecule has 10 atom stereocenters. The quantitative estimate of drug-likeness (QED) is 0.283. The highest BCUT2D eigenvalue weighted by Gasteiger charge is 2.49. The van der Waals surface area contributed by atoms with Gasteiger partial charge in [-0.2, -0.15) is 0 Å². The predicted molar refractivity (Wildman–Crippen MR) is 169 cm³/mol. The van der Waals surface area contributed by atoms with Gasteiger partial charge in [0.15, 0.2) is 9.84 Å². The molecule has 4 fully saturated rings. The molecular weight excluding hydrogens is 598 g/mol. The van der Waals surface area contributed by atoms with Gasteiger partial charge in [-0.3, -0.25) is 0 Å². The number of hydrogen-bond donors (Lipinski definition) is 2. The molecule has 45 heavy (non-hydrogen) atoms. The lowest BCUT2D eigenvalue weighted by molar-refractivity contribution is -0.0766. The average Bonchev–Trinajstić information content (AvgIpc) is 3.69. The van der Waals surface area contributed by atoms with E-state index in [9.17, 15) is 18.3 Å². The molecule has 0 bridgehead atoms. The number of aliphatic hydroxyl groups excluding tert-OH is 1. The Labute approximate surface area is 267 Å². The van der Waals surface area contributed by atoms with E-state index in [0.29, 0.717) is 19.4 Å². The molecule has 2 N–H and O–H groups in total. The van der Waals surface area contributed by atoms with Crippen LogP contribution in [0.5, 0.6) is 0 Å². The summed E-state index contributed by atoms with van der Waals surface area (Å²) >= 11 is 0. The van der Waals surface area contributed by atoms with E-state index >= 15 is 0 Å². The lowest BCUT2D eigenvalue weighted by atomic mass is 9.83. The van der Waals surface area contributed by atoms with Crippen LogP contribution in [0, 0.1) is 11.8 Å². The van der Waals surface area contributed by atoms with Crippen molar-refractivity contribution in [3.05, 3.63) is 54.6 Å². The molecule has 0 spiro atoms. The highest BCUT2D eigenvalue weighted by atomic mass is 32.2. The summed E-state index contributed by atoms with van der Waals surface area (Å²) in [6.45, 7) is 11.3. The Morgan fingerprint density at radius 3 is 2.42 bits per heavy atom. The van der Waals surface area contributed by atoms with E-state index in [0.717, 1.165) is 49.7 Å². The number of hydrogen-bond acceptors (Lipinski definition) is 9. The van der Waals surface area contributed by atoms with E-state index in [1.165, 1.54) is 0 Å². The van der Waals surface area contributed by atoms with Crippen LogP contribution in [-0.4, -0.2) is 94.5 Å². The third-order valence-corrected chi connectivity index (χ3v) is 11.7. The maximum absolute atomic E-state index is 13.6. The number of carbonyl (C=O) groups excluding carboxylic acids is 1. The first kappa shape index (κ1) is 34.1. The van der Waals surface area contributed by atoms with Crippen LogP contribution in [0.15, 0.2) is 59.5 Å². The van der Waals surface area contributed by atoms with Gasteiger partial charge in [-0.05, 0) is 67.7 Å². The third-order valence-electron chi connectivity index (χ3n) is 9.85. The zero-order valence-corrected chi connectivity index (χ0v) is 27.3. The van der Waals surface area contributed by atoms with E-state index < -0.39 is 40.2 Å². The summed E-state index contributed by atoms with van der Waals surface area (Å²) < 4.78 is 58.0. The molecule has 0 radical (unpaired) electrons. The molecule has 4 saturated heterocycles. The Bertz CT molecular complexity index is 1290. The normalized spacial score (nSPS) is 35.5. The molecule has 5 rings (SSSR count). The van der Waals surface area contributed by atoms with Crippen molar-refractivity contribution >= 4 is 15.9 Å². The maximum Gasteiger partial charge on any atom is 0.407 e. The van der Waals surface area contributed by atoms with Crippen molar-refractivity contribution in [3.8, 4) is 0 Å². The van der Waals surface area contributed by atoms with Gasteiger partial charge in [0.05, 0.1) is 59.9 Å². The smallest absolute Gasteiger partial charge is 0.407 e. The van der Waals surface area contributed by atoms with Gasteiger partial charge in [-0.1, -0.05) is 38.3 Å². The van der Waals surface area contributed by atoms with Gasteiger partial charge < -0.3 is 34.1 Å². The van der Waals surface area contributed by atoms with Crippen LogP contribution in [0.1, 0.15) is 58.3 Å². The van der Waals surface area contributed by atoms with E-state index in [2.05, 4.69) is 25.4 Å². The first-order valence-electron chi connectivity index (χ1n) is 16.3. The summed E-state index contributed by atoms with van der Waals surface area (Å²) in [5, 5.41) is 11.9. The van der Waals surface area contributed by atoms with Gasteiger partial charge in [-0.15, -0.1) is 0 Å². The van der Waals surface area contributed by atoms with Crippen molar-refractivity contribution in [3.63, 3.8) is 0 Å². The molecule has 11 heteroatoms. The summed E-state index contributed by atoms with van der Waals surface area (Å²) in [5.41, 5.74) is 2.08. The number of benzene rings is 1. The second kappa shape index (κ2) is 15.1. The molecule has 0 saturated carbocycles. The van der Waals surface area contributed by atoms with Gasteiger partial charge in [-0.25, -0.2) is 13.2 Å². The highest BCUT2D eigenvalue weighted by Crippen LogP contribution is 2.41. The Hall–Kier alpha value is -2.28. The zero-order chi connectivity index (χ0) is 32.1. The van der Waals surface area contributed by atoms with Crippen LogP contribution in [0.2, 0.25) is 0 Å². The van der Waals surface area contributed by atoms with Gasteiger partial charge in [0.1, 0.15) is 6.10 Å². The molecule has 1 amide bonds. The van der Waals surface area contributed by atoms with E-state index in [1.54, 1.807) is 37.4 Å². The minimum atomic E-state index is -3.65. The number of methoxy groups -OCH3 is 1. The fourth-order valence-electron chi connectivity index (χ4n) is 7.38. The van der Waals surface area contributed by atoms with Crippen molar-refractivity contribution < 1.29 is 42.0 Å². The fraction of sp³-hybridized carbons (Fsp3) is 0.676. The van der Waals surface area contributed by atoms with Crippen molar-refractivity contribution in [1.82, 2.24) is 5.32 Å². The van der Waals surface area contributed by atoms with Crippen molar-refractivity contribution in [2.75, 3.05) is 26.0 Å². The van der Waals surface area contributed by atoms with Crippen molar-refractivity contribution in [2.45, 2.75) is 112 Å². The molecule has 10 nitrogen and oxygen atoms in total. The zero-order valence-electron chi connectivity index (χ0n) is 26.5. The third kappa shape index (κ3) is 8.36. The summed E-state index contributed by atoms with van der Waals surface area (Å²) in [6, 6.07) is 8.45. The molecular formula is C34H49NO9S. The standard InChI is InChI=1S/C34H49NO9S/c1-21-15-25(12-13-29-22(2)16-24(41-29)9-8-14-36)42-30(23(21)3)18-31-28(20-45(38,39)27-10-6-5-7-11-27)33(40-4)32(44-31)17-26-19-35-34(37)43-26/h5-7,10-11,21,24-26,28-33,36H,2-3,8-9,12-20H2,1,4H3,(H,35,37)/t21-,24+,25+,26+,28+,29+,30-,31+,32-,33-/m1/s1. The Balaban J connectivity index is 1.28. The maximum atomic E-state index is 13.6. The van der Waals surface area contributed by atoms with E-state index in [4.69, 9.17) is 23.7 Å². The molecule has 0 aliphatic carbocycles. The van der Waals surface area contributed by atoms with Crippen LogP contribution in [0.4, 0.5) is 4.79 Å². The number of nitrogens with one attached hydrogen (secondary N) is 1. The summed E-state index contributed by atoms with van der Waals surface area (Å²) in [6.07, 6.45) is 3.20. The summed E-state index contributed by atoms with van der Waals surface area (Å²) in [5.74, 6) is -0.381. The molecule has 0 unspecified atom stereocenters. The van der Waals surface area contributed by atoms with E-state index in [1.807, 2.05) is 0 Å². The Kier molecular flexibility index (Phi) is 11.4. The SMILES string of the molecule is C=C1C[C@H](CCCO)O[C@H]1CC[C@H]1C[C@@H](C)C(=C)[C@@H](C[C@@H]2O[C@H](C[C@H]3CNC(=O)O3)[C@H](OC)[C@H]2CS(=O)(=O)c2ccccc2)O1. The summed E-state index contributed by atoms with van der Waals surface area (Å²) in [4.78, 5) is 12.0. The van der Waals surface area contributed by atoms with Crippen molar-refractivity contribution in [2.24, 2.45) is 11.8 Å². The Morgan fingerprint density at radius 2 is 1.73 bits per heavy atom. The van der Waals surface area contributed by atoms with Gasteiger partial charge in [0.25, 0.3) is 0 Å². The van der Waals surface area contributed by atoms with Gasteiger partial charge in [0, 0.05) is 32.5 Å². The second-order valence-corrected chi connectivity index (χ2v) is 15.1. The molecule has 4 heterocycles. The number of alkyl carbamates (subject to hydrolysis) is 1. The van der Waals surface area contributed by atoms with Gasteiger partial charge in [0.2, 0.25) is 0 Å². The van der Waals surface area contributed by atoms with Crippen molar-refractivity contribution in [1.29, 1.82) is 0 Å². The van der Waals surface area contributed by atoms with Crippen LogP contribution >= 0.6 is 0 Å². The lowest BCUT2D eigenvalue weighted by Gasteiger charge is -2.38. The van der Waals surface area contributed by atoms with E-state index in [-0.39, 0.29) is 53.7 Å². The first-order chi connectivity index (χ1) is 21.6. The second-order valence-electron chi connectivity index (χ2n) is 13.1.